The first-order chi connectivity index (χ1) is 9.81. The lowest BCUT2D eigenvalue weighted by Crippen LogP contribution is -1.92. The van der Waals surface area contributed by atoms with E-state index < -0.39 is 0 Å². The average Bonchev–Trinajstić information content (AvgIpc) is 2.54. The van der Waals surface area contributed by atoms with Crippen molar-refractivity contribution >= 4 is 10.8 Å². The molecule has 3 heteroatoms. The van der Waals surface area contributed by atoms with E-state index >= 15 is 0 Å². The second-order valence-electron chi connectivity index (χ2n) is 4.47. The van der Waals surface area contributed by atoms with Gasteiger partial charge in [0.2, 0.25) is 5.88 Å². The lowest BCUT2D eigenvalue weighted by molar-refractivity contribution is 0.404. The maximum Gasteiger partial charge on any atom is 0.221 e. The minimum Gasteiger partial charge on any atom is -0.497 e. The van der Waals surface area contributed by atoms with Crippen LogP contribution in [-0.2, 0) is 0 Å². The zero-order valence-corrected chi connectivity index (χ0v) is 11.5. The van der Waals surface area contributed by atoms with Crippen molar-refractivity contribution in [2.45, 2.75) is 0 Å². The summed E-state index contributed by atoms with van der Waals surface area (Å²) >= 11 is 0. The Hall–Kier alpha value is -2.55. The van der Waals surface area contributed by atoms with Crippen LogP contribution in [0.15, 0.2) is 54.6 Å². The Balaban J connectivity index is 2.15. The summed E-state index contributed by atoms with van der Waals surface area (Å²) in [7, 11) is 3.30. The zero-order valence-electron chi connectivity index (χ0n) is 11.5. The Labute approximate surface area is 117 Å². The molecule has 100 valence electrons. The third-order valence-corrected chi connectivity index (χ3v) is 3.28. The van der Waals surface area contributed by atoms with Crippen LogP contribution in [0.2, 0.25) is 0 Å². The van der Waals surface area contributed by atoms with E-state index in [0.717, 1.165) is 27.8 Å². The van der Waals surface area contributed by atoms with Crippen molar-refractivity contribution in [2.75, 3.05) is 14.2 Å². The van der Waals surface area contributed by atoms with Crippen LogP contribution in [0.4, 0.5) is 0 Å². The molecule has 0 bridgehead atoms. The molecular weight excluding hydrogens is 250 g/mol. The molecule has 0 aliphatic carbocycles. The second kappa shape index (κ2) is 5.21. The largest absolute Gasteiger partial charge is 0.497 e. The van der Waals surface area contributed by atoms with E-state index in [4.69, 9.17) is 9.47 Å². The van der Waals surface area contributed by atoms with Gasteiger partial charge in [-0.1, -0.05) is 18.2 Å². The lowest BCUT2D eigenvalue weighted by Gasteiger charge is -2.09. The molecule has 0 unspecified atom stereocenters. The number of benzene rings is 2. The zero-order chi connectivity index (χ0) is 13.9. The fourth-order valence-corrected chi connectivity index (χ4v) is 2.23. The van der Waals surface area contributed by atoms with Gasteiger partial charge >= 0.3 is 0 Å². The van der Waals surface area contributed by atoms with E-state index in [2.05, 4.69) is 17.1 Å². The molecule has 0 spiro atoms. The molecular formula is C17H15NO2. The maximum absolute atomic E-state index is 5.40. The molecule has 3 rings (SSSR count). The van der Waals surface area contributed by atoms with Gasteiger partial charge in [0.25, 0.3) is 0 Å². The average molecular weight is 265 g/mol. The number of pyridine rings is 1. The van der Waals surface area contributed by atoms with Crippen molar-refractivity contribution in [3.63, 3.8) is 0 Å². The molecule has 0 saturated heterocycles. The quantitative estimate of drug-likeness (QED) is 0.719. The molecule has 2 aromatic carbocycles. The van der Waals surface area contributed by atoms with Gasteiger partial charge in [0.05, 0.1) is 19.9 Å². The lowest BCUT2D eigenvalue weighted by atomic mass is 10.1. The van der Waals surface area contributed by atoms with Crippen molar-refractivity contribution in [1.82, 2.24) is 4.98 Å². The van der Waals surface area contributed by atoms with Crippen LogP contribution in [0.3, 0.4) is 0 Å². The van der Waals surface area contributed by atoms with E-state index in [1.807, 2.05) is 42.5 Å². The van der Waals surface area contributed by atoms with Gasteiger partial charge in [-0.3, -0.25) is 0 Å². The summed E-state index contributed by atoms with van der Waals surface area (Å²) < 4.78 is 10.6. The van der Waals surface area contributed by atoms with Crippen LogP contribution in [0.5, 0.6) is 11.6 Å². The molecule has 1 aromatic heterocycles. The van der Waals surface area contributed by atoms with Crippen LogP contribution < -0.4 is 9.47 Å². The molecule has 0 N–H and O–H groups in total. The highest BCUT2D eigenvalue weighted by Crippen LogP contribution is 2.29. The molecule has 20 heavy (non-hydrogen) atoms. The van der Waals surface area contributed by atoms with Crippen LogP contribution in [-0.4, -0.2) is 19.2 Å². The number of ether oxygens (including phenoxy) is 2. The number of hydrogen-bond donors (Lipinski definition) is 0. The van der Waals surface area contributed by atoms with Crippen molar-refractivity contribution in [1.29, 1.82) is 0 Å². The highest BCUT2D eigenvalue weighted by molar-refractivity contribution is 5.90. The number of methoxy groups -OCH3 is 2. The Bertz CT molecular complexity index is 736. The number of rotatable bonds is 3. The summed E-state index contributed by atoms with van der Waals surface area (Å²) in [5, 5.41) is 2.14. The Morgan fingerprint density at radius 3 is 2.30 bits per heavy atom. The first-order valence-corrected chi connectivity index (χ1v) is 6.40. The van der Waals surface area contributed by atoms with Gasteiger partial charge in [0.1, 0.15) is 5.75 Å². The monoisotopic (exact) mass is 265 g/mol. The minimum absolute atomic E-state index is 0.647. The van der Waals surface area contributed by atoms with Gasteiger partial charge in [-0.25, -0.2) is 4.98 Å². The molecule has 0 amide bonds. The van der Waals surface area contributed by atoms with Crippen molar-refractivity contribution < 1.29 is 9.47 Å². The van der Waals surface area contributed by atoms with Crippen LogP contribution in [0.1, 0.15) is 0 Å². The molecule has 0 atom stereocenters. The standard InChI is InChI=1S/C17H15NO2/c1-19-14-9-7-12(8-10-14)16-11-13-5-3-4-6-15(13)17(18-16)20-2/h3-11H,1-2H3. The normalized spacial score (nSPS) is 10.5. The summed E-state index contributed by atoms with van der Waals surface area (Å²) in [5.41, 5.74) is 1.93. The third-order valence-electron chi connectivity index (χ3n) is 3.28. The summed E-state index contributed by atoms with van der Waals surface area (Å²) in [4.78, 5) is 4.58. The van der Waals surface area contributed by atoms with Crippen LogP contribution >= 0.6 is 0 Å². The minimum atomic E-state index is 0.647. The molecule has 0 radical (unpaired) electrons. The van der Waals surface area contributed by atoms with Crippen LogP contribution in [0.25, 0.3) is 22.0 Å². The van der Waals surface area contributed by atoms with Gasteiger partial charge in [-0.15, -0.1) is 0 Å². The predicted molar refractivity (Wildman–Crippen MR) is 80.3 cm³/mol. The maximum atomic E-state index is 5.40. The van der Waals surface area contributed by atoms with Crippen molar-refractivity contribution in [3.8, 4) is 22.9 Å². The molecule has 1 heterocycles. The molecule has 3 nitrogen and oxygen atoms in total. The summed E-state index contributed by atoms with van der Waals surface area (Å²) in [6, 6.07) is 18.0. The third kappa shape index (κ3) is 2.18. The highest BCUT2D eigenvalue weighted by Gasteiger charge is 2.07. The van der Waals surface area contributed by atoms with Crippen molar-refractivity contribution in [2.24, 2.45) is 0 Å². The van der Waals surface area contributed by atoms with E-state index in [9.17, 15) is 0 Å². The first kappa shape index (κ1) is 12.5. The Kier molecular flexibility index (Phi) is 3.25. The van der Waals surface area contributed by atoms with Crippen LogP contribution in [0, 0.1) is 0 Å². The number of nitrogens with zero attached hydrogens (tertiary/aromatic N) is 1. The van der Waals surface area contributed by atoms with E-state index in [1.54, 1.807) is 14.2 Å². The predicted octanol–water partition coefficient (Wildman–Crippen LogP) is 3.92. The molecule has 0 aliphatic rings. The van der Waals surface area contributed by atoms with Gasteiger partial charge in [0, 0.05) is 10.9 Å². The summed E-state index contributed by atoms with van der Waals surface area (Å²) in [6.07, 6.45) is 0. The van der Waals surface area contributed by atoms with Gasteiger partial charge in [-0.2, -0.15) is 0 Å². The number of fused-ring (bicyclic) bond motifs is 1. The SMILES string of the molecule is COc1ccc(-c2cc3ccccc3c(OC)n2)cc1. The molecule has 0 aliphatic heterocycles. The second-order valence-corrected chi connectivity index (χ2v) is 4.47. The van der Waals surface area contributed by atoms with Gasteiger partial charge < -0.3 is 9.47 Å². The molecule has 0 fully saturated rings. The Morgan fingerprint density at radius 2 is 1.60 bits per heavy atom. The van der Waals surface area contributed by atoms with E-state index in [-0.39, 0.29) is 0 Å². The van der Waals surface area contributed by atoms with Crippen molar-refractivity contribution in [3.05, 3.63) is 54.6 Å². The molecule has 0 saturated carbocycles. The fraction of sp³-hybridized carbons (Fsp3) is 0.118. The smallest absolute Gasteiger partial charge is 0.221 e. The summed E-state index contributed by atoms with van der Waals surface area (Å²) in [6.45, 7) is 0. The highest BCUT2D eigenvalue weighted by atomic mass is 16.5. The number of hydrogen-bond acceptors (Lipinski definition) is 3. The number of aromatic nitrogens is 1. The molecule has 3 aromatic rings. The summed E-state index contributed by atoms with van der Waals surface area (Å²) in [5.74, 6) is 1.48. The topological polar surface area (TPSA) is 31.4 Å². The fourth-order valence-electron chi connectivity index (χ4n) is 2.23. The van der Waals surface area contributed by atoms with E-state index in [0.29, 0.717) is 5.88 Å². The first-order valence-electron chi connectivity index (χ1n) is 6.40. The van der Waals surface area contributed by atoms with Gasteiger partial charge in [0.15, 0.2) is 0 Å². The Morgan fingerprint density at radius 1 is 0.850 bits per heavy atom. The van der Waals surface area contributed by atoms with Gasteiger partial charge in [-0.05, 0) is 41.8 Å². The van der Waals surface area contributed by atoms with E-state index in [1.165, 1.54) is 0 Å².